The second-order valence-electron chi connectivity index (χ2n) is 10.3. The molecular weight excluding hydrogens is 308 g/mol. The smallest absolute Gasteiger partial charge is 0.0657 e. The summed E-state index contributed by atoms with van der Waals surface area (Å²) in [6.07, 6.45) is 9.44. The highest BCUT2D eigenvalue weighted by atomic mass is 16.3. The summed E-state index contributed by atoms with van der Waals surface area (Å²) >= 11 is 0. The van der Waals surface area contributed by atoms with E-state index < -0.39 is 5.60 Å². The maximum Gasteiger partial charge on any atom is 0.0657 e. The summed E-state index contributed by atoms with van der Waals surface area (Å²) in [5.74, 6) is 3.67. The van der Waals surface area contributed by atoms with Crippen LogP contribution in [-0.2, 0) is 0 Å². The number of hydrogen-bond acceptors (Lipinski definition) is 2. The fraction of sp³-hybridized carbons (Fsp3) is 0.826. The van der Waals surface area contributed by atoms with Crippen molar-refractivity contribution in [2.24, 2.45) is 35.0 Å². The minimum absolute atomic E-state index is 0.155. The molecule has 0 saturated heterocycles. The molecule has 25 heavy (non-hydrogen) atoms. The number of rotatable bonds is 2. The van der Waals surface area contributed by atoms with Crippen LogP contribution in [-0.4, -0.2) is 22.4 Å². The Kier molecular flexibility index (Phi) is 4.24. The molecule has 7 atom stereocenters. The van der Waals surface area contributed by atoms with Gasteiger partial charge in [0.05, 0.1) is 12.2 Å². The van der Waals surface area contributed by atoms with E-state index >= 15 is 0 Å². The molecule has 0 aromatic rings. The summed E-state index contributed by atoms with van der Waals surface area (Å²) in [5, 5.41) is 20.2. The lowest BCUT2D eigenvalue weighted by atomic mass is 9.50. The average molecular weight is 345 g/mol. The van der Waals surface area contributed by atoms with Crippen molar-refractivity contribution in [3.63, 3.8) is 0 Å². The topological polar surface area (TPSA) is 40.5 Å². The first-order valence-corrected chi connectivity index (χ1v) is 10.5. The molecule has 4 aliphatic rings. The Morgan fingerprint density at radius 2 is 1.88 bits per heavy atom. The summed E-state index contributed by atoms with van der Waals surface area (Å²) in [6, 6.07) is 0. The number of hydrogen-bond donors (Lipinski definition) is 2. The van der Waals surface area contributed by atoms with Gasteiger partial charge in [0.2, 0.25) is 0 Å². The van der Waals surface area contributed by atoms with Gasteiger partial charge in [-0.25, -0.2) is 0 Å². The zero-order chi connectivity index (χ0) is 18.0. The molecule has 0 spiro atoms. The van der Waals surface area contributed by atoms with E-state index in [0.717, 1.165) is 42.1 Å². The second-order valence-corrected chi connectivity index (χ2v) is 10.3. The van der Waals surface area contributed by atoms with Crippen LogP contribution in [0.15, 0.2) is 23.3 Å². The maximum absolute atomic E-state index is 10.6. The quantitative estimate of drug-likeness (QED) is 0.702. The normalized spacial score (nSPS) is 49.4. The van der Waals surface area contributed by atoms with Gasteiger partial charge in [0.1, 0.15) is 0 Å². The van der Waals surface area contributed by atoms with Gasteiger partial charge < -0.3 is 10.2 Å². The van der Waals surface area contributed by atoms with Crippen molar-refractivity contribution in [2.45, 2.75) is 77.7 Å². The van der Waals surface area contributed by atoms with Gasteiger partial charge in [-0.05, 0) is 106 Å². The predicted octanol–water partition coefficient (Wildman–Crippen LogP) is 4.86. The Bertz CT molecular complexity index is 601. The first-order chi connectivity index (χ1) is 11.8. The highest BCUT2D eigenvalue weighted by Gasteiger charge is 2.57. The van der Waals surface area contributed by atoms with E-state index in [0.29, 0.717) is 11.3 Å². The second kappa shape index (κ2) is 5.96. The van der Waals surface area contributed by atoms with Crippen LogP contribution in [0, 0.1) is 35.0 Å². The van der Waals surface area contributed by atoms with Gasteiger partial charge in [-0.15, -0.1) is 0 Å². The van der Waals surface area contributed by atoms with E-state index in [4.69, 9.17) is 0 Å². The highest BCUT2D eigenvalue weighted by Crippen LogP contribution is 2.65. The minimum Gasteiger partial charge on any atom is -0.392 e. The Balaban J connectivity index is 1.63. The van der Waals surface area contributed by atoms with Crippen LogP contribution in [0.25, 0.3) is 0 Å². The van der Waals surface area contributed by atoms with Gasteiger partial charge in [0.25, 0.3) is 0 Å². The van der Waals surface area contributed by atoms with E-state index in [-0.39, 0.29) is 6.61 Å². The summed E-state index contributed by atoms with van der Waals surface area (Å²) in [5.41, 5.74) is 4.12. The van der Waals surface area contributed by atoms with Crippen LogP contribution in [0.1, 0.15) is 72.1 Å². The first-order valence-electron chi connectivity index (χ1n) is 10.5. The Morgan fingerprint density at radius 3 is 2.60 bits per heavy atom. The van der Waals surface area contributed by atoms with Gasteiger partial charge >= 0.3 is 0 Å². The molecule has 140 valence electrons. The van der Waals surface area contributed by atoms with Crippen LogP contribution >= 0.6 is 0 Å². The van der Waals surface area contributed by atoms with Crippen molar-refractivity contribution < 1.29 is 10.2 Å². The molecule has 0 unspecified atom stereocenters. The molecule has 0 heterocycles. The molecule has 2 nitrogen and oxygen atoms in total. The third kappa shape index (κ3) is 2.67. The zero-order valence-electron chi connectivity index (χ0n) is 16.4. The predicted molar refractivity (Wildman–Crippen MR) is 102 cm³/mol. The summed E-state index contributed by atoms with van der Waals surface area (Å²) in [7, 11) is 0. The molecule has 0 aromatic heterocycles. The van der Waals surface area contributed by atoms with E-state index in [2.05, 4.69) is 20.4 Å². The monoisotopic (exact) mass is 344 g/mol. The molecule has 2 N–H and O–H groups in total. The van der Waals surface area contributed by atoms with Crippen molar-refractivity contribution in [3.05, 3.63) is 23.3 Å². The van der Waals surface area contributed by atoms with Crippen LogP contribution < -0.4 is 0 Å². The van der Waals surface area contributed by atoms with Gasteiger partial charge in [-0.3, -0.25) is 0 Å². The Morgan fingerprint density at radius 1 is 1.12 bits per heavy atom. The van der Waals surface area contributed by atoms with E-state index in [1.165, 1.54) is 38.5 Å². The molecular formula is C23H36O2. The minimum atomic E-state index is -0.486. The molecule has 0 radical (unpaired) electrons. The zero-order valence-corrected chi connectivity index (χ0v) is 16.4. The third-order valence-electron chi connectivity index (χ3n) is 8.81. The van der Waals surface area contributed by atoms with Crippen molar-refractivity contribution in [1.82, 2.24) is 0 Å². The van der Waals surface area contributed by atoms with Gasteiger partial charge in [-0.2, -0.15) is 0 Å². The number of fused-ring (bicyclic) bond motifs is 5. The molecule has 4 aliphatic carbocycles. The SMILES string of the molecule is C=C(CO)[C@H]1CC[C@H]2[C@@H]3CC(C)=C4C[C@@](C)(O)CC[C@@H]4[C@H]3CC[C@]12C. The van der Waals surface area contributed by atoms with Crippen molar-refractivity contribution in [3.8, 4) is 0 Å². The lowest BCUT2D eigenvalue weighted by Crippen LogP contribution is -2.48. The lowest BCUT2D eigenvalue weighted by Gasteiger charge is -2.55. The molecule has 3 saturated carbocycles. The molecule has 0 aliphatic heterocycles. The third-order valence-corrected chi connectivity index (χ3v) is 8.81. The van der Waals surface area contributed by atoms with Crippen LogP contribution in [0.5, 0.6) is 0 Å². The number of aliphatic hydroxyl groups excluding tert-OH is 1. The van der Waals surface area contributed by atoms with Crippen molar-refractivity contribution in [2.75, 3.05) is 6.61 Å². The molecule has 0 aromatic carbocycles. The molecule has 4 rings (SSSR count). The molecule has 3 fully saturated rings. The first kappa shape index (κ1) is 17.8. The maximum atomic E-state index is 10.6. The fourth-order valence-electron chi connectivity index (χ4n) is 7.59. The molecule has 2 heteroatoms. The van der Waals surface area contributed by atoms with E-state index in [1.54, 1.807) is 11.1 Å². The summed E-state index contributed by atoms with van der Waals surface area (Å²) < 4.78 is 0. The summed E-state index contributed by atoms with van der Waals surface area (Å²) in [4.78, 5) is 0. The highest BCUT2D eigenvalue weighted by molar-refractivity contribution is 5.27. The summed E-state index contributed by atoms with van der Waals surface area (Å²) in [6.45, 7) is 11.2. The van der Waals surface area contributed by atoms with Crippen molar-refractivity contribution in [1.29, 1.82) is 0 Å². The van der Waals surface area contributed by atoms with Crippen LogP contribution in [0.3, 0.4) is 0 Å². The lowest BCUT2D eigenvalue weighted by molar-refractivity contribution is -0.0319. The van der Waals surface area contributed by atoms with Gasteiger partial charge in [0.15, 0.2) is 0 Å². The van der Waals surface area contributed by atoms with Gasteiger partial charge in [0, 0.05) is 0 Å². The molecule has 0 bridgehead atoms. The average Bonchev–Trinajstić information content (AvgIpc) is 2.91. The standard InChI is InChI=1S/C23H36O2/c1-14-11-18-16(17-7-9-22(3,25)12-19(14)17)8-10-23(4)20(15(2)13-24)5-6-21(18)23/h16-18,20-21,24-25H,2,5-13H2,1,3-4H3/t16-,17-,18-,20-,21+,22+,23-/m1/s1. The van der Waals surface area contributed by atoms with Crippen LogP contribution in [0.2, 0.25) is 0 Å². The fourth-order valence-corrected chi connectivity index (χ4v) is 7.59. The molecule has 0 amide bonds. The van der Waals surface area contributed by atoms with E-state index in [9.17, 15) is 10.2 Å². The number of allylic oxidation sites excluding steroid dienone is 1. The number of aliphatic hydroxyl groups is 2. The van der Waals surface area contributed by atoms with Crippen LogP contribution in [0.4, 0.5) is 0 Å². The van der Waals surface area contributed by atoms with E-state index in [1.807, 2.05) is 6.92 Å². The van der Waals surface area contributed by atoms with Gasteiger partial charge in [-0.1, -0.05) is 24.6 Å². The largest absolute Gasteiger partial charge is 0.392 e. The Labute approximate surface area is 153 Å². The Hall–Kier alpha value is -0.600. The van der Waals surface area contributed by atoms with Crippen molar-refractivity contribution >= 4 is 0 Å².